The zero-order valence-corrected chi connectivity index (χ0v) is 8.09. The maximum absolute atomic E-state index is 10.7. The summed E-state index contributed by atoms with van der Waals surface area (Å²) in [5, 5.41) is 0. The van der Waals surface area contributed by atoms with Gasteiger partial charge in [0.1, 0.15) is 0 Å². The molecule has 0 aliphatic carbocycles. The zero-order chi connectivity index (χ0) is 10.4. The lowest BCUT2D eigenvalue weighted by molar-refractivity contribution is -0.118. The van der Waals surface area contributed by atoms with Gasteiger partial charge in [0.25, 0.3) is 0 Å². The third kappa shape index (κ3) is 5.00. The van der Waals surface area contributed by atoms with E-state index in [0.29, 0.717) is 24.8 Å². The molecule has 0 saturated heterocycles. The number of primary amides is 2. The Balaban J connectivity index is 3.99. The second kappa shape index (κ2) is 5.35. The Bertz CT molecular complexity index is 244. The average molecular weight is 184 g/mol. The lowest BCUT2D eigenvalue weighted by atomic mass is 10.0. The molecule has 2 amide bonds. The molecular formula is C9H16N2O2. The van der Waals surface area contributed by atoms with Crippen molar-refractivity contribution < 1.29 is 9.59 Å². The number of carbonyl (C=O) groups excluding carboxylic acids is 2. The molecule has 0 atom stereocenters. The van der Waals surface area contributed by atoms with Crippen molar-refractivity contribution >= 4 is 11.8 Å². The van der Waals surface area contributed by atoms with Crippen molar-refractivity contribution in [3.63, 3.8) is 0 Å². The first-order valence-electron chi connectivity index (χ1n) is 4.19. The van der Waals surface area contributed by atoms with Crippen molar-refractivity contribution in [1.29, 1.82) is 0 Å². The maximum Gasteiger partial charge on any atom is 0.244 e. The van der Waals surface area contributed by atoms with Crippen LogP contribution in [0.3, 0.4) is 0 Å². The van der Waals surface area contributed by atoms with E-state index in [1.807, 2.05) is 6.92 Å². The summed E-state index contributed by atoms with van der Waals surface area (Å²) in [6, 6.07) is 0. The Morgan fingerprint density at radius 3 is 2.00 bits per heavy atom. The normalized spacial score (nSPS) is 12.2. The summed E-state index contributed by atoms with van der Waals surface area (Å²) in [4.78, 5) is 21.1. The Morgan fingerprint density at radius 2 is 1.62 bits per heavy atom. The van der Waals surface area contributed by atoms with Crippen molar-refractivity contribution in [2.24, 2.45) is 11.5 Å². The smallest absolute Gasteiger partial charge is 0.244 e. The molecule has 0 aliphatic heterocycles. The standard InChI is InChI=1S/C9H16N2O2/c1-6(7(2)9(11)13)4-3-5-8(10)12/h3-5H2,1-2H3,(H2,10,12)(H2,11,13). The summed E-state index contributed by atoms with van der Waals surface area (Å²) in [6.45, 7) is 3.52. The molecule has 0 aromatic rings. The van der Waals surface area contributed by atoms with Crippen molar-refractivity contribution in [1.82, 2.24) is 0 Å². The topological polar surface area (TPSA) is 86.2 Å². The molecule has 0 aromatic heterocycles. The Morgan fingerprint density at radius 1 is 1.08 bits per heavy atom. The summed E-state index contributed by atoms with van der Waals surface area (Å²) < 4.78 is 0. The number of carbonyl (C=O) groups is 2. The van der Waals surface area contributed by atoms with Gasteiger partial charge in [-0.3, -0.25) is 9.59 Å². The van der Waals surface area contributed by atoms with Gasteiger partial charge in [0.15, 0.2) is 0 Å². The molecule has 0 fully saturated rings. The van der Waals surface area contributed by atoms with Gasteiger partial charge in [-0.1, -0.05) is 5.57 Å². The van der Waals surface area contributed by atoms with E-state index in [-0.39, 0.29) is 5.91 Å². The van der Waals surface area contributed by atoms with Crippen LogP contribution >= 0.6 is 0 Å². The molecule has 0 saturated carbocycles. The van der Waals surface area contributed by atoms with Gasteiger partial charge in [-0.25, -0.2) is 0 Å². The van der Waals surface area contributed by atoms with E-state index in [2.05, 4.69) is 0 Å². The molecule has 4 nitrogen and oxygen atoms in total. The van der Waals surface area contributed by atoms with Crippen LogP contribution in [0.25, 0.3) is 0 Å². The quantitative estimate of drug-likeness (QED) is 0.608. The largest absolute Gasteiger partial charge is 0.370 e. The van der Waals surface area contributed by atoms with E-state index in [9.17, 15) is 9.59 Å². The summed E-state index contributed by atoms with van der Waals surface area (Å²) in [5.41, 5.74) is 11.5. The monoisotopic (exact) mass is 184 g/mol. The lowest BCUT2D eigenvalue weighted by Crippen LogP contribution is -2.13. The van der Waals surface area contributed by atoms with Gasteiger partial charge >= 0.3 is 0 Å². The SMILES string of the molecule is CC(CCCC(N)=O)=C(C)C(N)=O. The summed E-state index contributed by atoms with van der Waals surface area (Å²) in [7, 11) is 0. The zero-order valence-electron chi connectivity index (χ0n) is 8.09. The first-order valence-corrected chi connectivity index (χ1v) is 4.19. The second-order valence-electron chi connectivity index (χ2n) is 3.09. The highest BCUT2D eigenvalue weighted by Crippen LogP contribution is 2.10. The fourth-order valence-electron chi connectivity index (χ4n) is 0.926. The molecule has 0 aromatic carbocycles. The van der Waals surface area contributed by atoms with Crippen molar-refractivity contribution in [3.05, 3.63) is 11.1 Å². The van der Waals surface area contributed by atoms with E-state index in [4.69, 9.17) is 11.5 Å². The third-order valence-corrected chi connectivity index (χ3v) is 1.98. The van der Waals surface area contributed by atoms with E-state index in [0.717, 1.165) is 5.57 Å². The van der Waals surface area contributed by atoms with Crippen LogP contribution in [0, 0.1) is 0 Å². The van der Waals surface area contributed by atoms with Crippen LogP contribution in [0.15, 0.2) is 11.1 Å². The summed E-state index contributed by atoms with van der Waals surface area (Å²) in [6.07, 6.45) is 1.72. The highest BCUT2D eigenvalue weighted by molar-refractivity contribution is 5.91. The summed E-state index contributed by atoms with van der Waals surface area (Å²) in [5.74, 6) is -0.721. The molecule has 0 aliphatic rings. The van der Waals surface area contributed by atoms with Gasteiger partial charge in [-0.15, -0.1) is 0 Å². The molecule has 0 heterocycles. The number of rotatable bonds is 5. The molecule has 0 rings (SSSR count). The minimum Gasteiger partial charge on any atom is -0.370 e. The number of hydrogen-bond acceptors (Lipinski definition) is 2. The van der Waals surface area contributed by atoms with Crippen LogP contribution in [-0.2, 0) is 9.59 Å². The van der Waals surface area contributed by atoms with Crippen LogP contribution in [0.1, 0.15) is 33.1 Å². The predicted octanol–water partition coefficient (Wildman–Crippen LogP) is 0.464. The number of amides is 2. The number of hydrogen-bond donors (Lipinski definition) is 2. The molecule has 74 valence electrons. The molecule has 4 heteroatoms. The number of allylic oxidation sites excluding steroid dienone is 1. The number of nitrogens with two attached hydrogens (primary N) is 2. The second-order valence-corrected chi connectivity index (χ2v) is 3.09. The average Bonchev–Trinajstić information content (AvgIpc) is 2.02. The molecule has 13 heavy (non-hydrogen) atoms. The summed E-state index contributed by atoms with van der Waals surface area (Å²) >= 11 is 0. The van der Waals surface area contributed by atoms with E-state index in [1.54, 1.807) is 6.92 Å². The molecule has 0 unspecified atom stereocenters. The van der Waals surface area contributed by atoms with Crippen LogP contribution in [0.2, 0.25) is 0 Å². The van der Waals surface area contributed by atoms with Crippen LogP contribution in [0.4, 0.5) is 0 Å². The van der Waals surface area contributed by atoms with Gasteiger partial charge in [0, 0.05) is 12.0 Å². The predicted molar refractivity (Wildman–Crippen MR) is 50.6 cm³/mol. The van der Waals surface area contributed by atoms with Crippen LogP contribution < -0.4 is 11.5 Å². The van der Waals surface area contributed by atoms with Gasteiger partial charge in [0.05, 0.1) is 0 Å². The van der Waals surface area contributed by atoms with E-state index < -0.39 is 5.91 Å². The van der Waals surface area contributed by atoms with Gasteiger partial charge < -0.3 is 11.5 Å². The van der Waals surface area contributed by atoms with Crippen molar-refractivity contribution in [3.8, 4) is 0 Å². The lowest BCUT2D eigenvalue weighted by Gasteiger charge is -2.03. The van der Waals surface area contributed by atoms with Crippen LogP contribution in [-0.4, -0.2) is 11.8 Å². The molecule has 4 N–H and O–H groups in total. The van der Waals surface area contributed by atoms with E-state index in [1.165, 1.54) is 0 Å². The highest BCUT2D eigenvalue weighted by Gasteiger charge is 2.03. The Kier molecular flexibility index (Phi) is 4.80. The minimum atomic E-state index is -0.406. The van der Waals surface area contributed by atoms with E-state index >= 15 is 0 Å². The maximum atomic E-state index is 10.7. The first-order chi connectivity index (χ1) is 5.95. The van der Waals surface area contributed by atoms with Gasteiger partial charge in [-0.05, 0) is 26.7 Å². The van der Waals surface area contributed by atoms with Gasteiger partial charge in [0.2, 0.25) is 11.8 Å². The fraction of sp³-hybridized carbons (Fsp3) is 0.556. The minimum absolute atomic E-state index is 0.315. The highest BCUT2D eigenvalue weighted by atomic mass is 16.1. The van der Waals surface area contributed by atoms with Crippen molar-refractivity contribution in [2.75, 3.05) is 0 Å². The molecule has 0 radical (unpaired) electrons. The Labute approximate surface area is 78.0 Å². The first kappa shape index (κ1) is 11.7. The third-order valence-electron chi connectivity index (χ3n) is 1.98. The van der Waals surface area contributed by atoms with Gasteiger partial charge in [-0.2, -0.15) is 0 Å². The molecule has 0 spiro atoms. The fourth-order valence-corrected chi connectivity index (χ4v) is 0.926. The van der Waals surface area contributed by atoms with Crippen molar-refractivity contribution in [2.45, 2.75) is 33.1 Å². The Hall–Kier alpha value is -1.32. The molecule has 0 bridgehead atoms. The molecular weight excluding hydrogens is 168 g/mol. The van der Waals surface area contributed by atoms with Crippen LogP contribution in [0.5, 0.6) is 0 Å².